The number of nitrogens with one attached hydrogen (secondary N) is 1. The molecular weight excluding hydrogens is 455 g/mol. The Morgan fingerprint density at radius 3 is 2.47 bits per heavy atom. The van der Waals surface area contributed by atoms with E-state index in [0.29, 0.717) is 27.6 Å². The summed E-state index contributed by atoms with van der Waals surface area (Å²) in [6, 6.07) is 16.0. The summed E-state index contributed by atoms with van der Waals surface area (Å²) >= 11 is 11.9. The van der Waals surface area contributed by atoms with E-state index in [1.54, 1.807) is 48.5 Å². The largest absolute Gasteiger partial charge is 0.497 e. The summed E-state index contributed by atoms with van der Waals surface area (Å²) in [6.07, 6.45) is 1.43. The molecule has 0 aliphatic carbocycles. The molecule has 3 aromatic carbocycles. The highest BCUT2D eigenvalue weighted by molar-refractivity contribution is 6.36. The van der Waals surface area contributed by atoms with Gasteiger partial charge in [-0.25, -0.2) is 10.2 Å². The smallest absolute Gasteiger partial charge is 0.345 e. The fourth-order valence-corrected chi connectivity index (χ4v) is 3.14. The minimum Gasteiger partial charge on any atom is -0.497 e. The molecule has 0 bridgehead atoms. The average molecular weight is 473 g/mol. The van der Waals surface area contributed by atoms with Gasteiger partial charge in [0.1, 0.15) is 5.75 Å². The van der Waals surface area contributed by atoms with Crippen LogP contribution in [0, 0.1) is 0 Å². The maximum atomic E-state index is 12.4. The highest BCUT2D eigenvalue weighted by atomic mass is 35.5. The molecule has 164 valence electrons. The van der Waals surface area contributed by atoms with Gasteiger partial charge in [0.05, 0.1) is 31.0 Å². The molecule has 0 unspecified atom stereocenters. The molecule has 0 spiro atoms. The molecule has 0 saturated heterocycles. The predicted octanol–water partition coefficient (Wildman–Crippen LogP) is 4.99. The molecule has 32 heavy (non-hydrogen) atoms. The fourth-order valence-electron chi connectivity index (χ4n) is 2.65. The van der Waals surface area contributed by atoms with Gasteiger partial charge in [-0.15, -0.1) is 0 Å². The lowest BCUT2D eigenvalue weighted by atomic mass is 10.2. The van der Waals surface area contributed by atoms with E-state index in [1.807, 2.05) is 0 Å². The number of amides is 1. The third-order valence-corrected chi connectivity index (χ3v) is 4.80. The van der Waals surface area contributed by atoms with Gasteiger partial charge in [0, 0.05) is 10.6 Å². The number of methoxy groups -OCH3 is 2. The van der Waals surface area contributed by atoms with Gasteiger partial charge < -0.3 is 14.2 Å². The highest BCUT2D eigenvalue weighted by Gasteiger charge is 2.16. The normalized spacial score (nSPS) is 10.6. The molecule has 0 atom stereocenters. The van der Waals surface area contributed by atoms with Crippen molar-refractivity contribution in [1.82, 2.24) is 5.43 Å². The van der Waals surface area contributed by atoms with Crippen molar-refractivity contribution in [2.24, 2.45) is 5.10 Å². The molecular formula is C23H18Cl2N2O5. The van der Waals surface area contributed by atoms with Crippen molar-refractivity contribution in [3.63, 3.8) is 0 Å². The van der Waals surface area contributed by atoms with Gasteiger partial charge in [-0.2, -0.15) is 5.10 Å². The average Bonchev–Trinajstić information content (AvgIpc) is 2.79. The Kier molecular flexibility index (Phi) is 7.70. The monoisotopic (exact) mass is 472 g/mol. The summed E-state index contributed by atoms with van der Waals surface area (Å²) in [5.41, 5.74) is 3.62. The number of hydrogen-bond donors (Lipinski definition) is 1. The van der Waals surface area contributed by atoms with E-state index in [2.05, 4.69) is 10.5 Å². The van der Waals surface area contributed by atoms with E-state index in [4.69, 9.17) is 37.4 Å². The summed E-state index contributed by atoms with van der Waals surface area (Å²) in [4.78, 5) is 24.6. The van der Waals surface area contributed by atoms with Crippen LogP contribution in [0.15, 0.2) is 65.8 Å². The van der Waals surface area contributed by atoms with Gasteiger partial charge in [-0.3, -0.25) is 4.79 Å². The van der Waals surface area contributed by atoms with Crippen LogP contribution in [0.25, 0.3) is 0 Å². The van der Waals surface area contributed by atoms with Crippen LogP contribution in [0.1, 0.15) is 26.3 Å². The summed E-state index contributed by atoms with van der Waals surface area (Å²) in [5.74, 6) is 0.0124. The van der Waals surface area contributed by atoms with Crippen LogP contribution in [0.4, 0.5) is 0 Å². The van der Waals surface area contributed by atoms with Crippen molar-refractivity contribution < 1.29 is 23.8 Å². The number of esters is 1. The molecule has 7 nitrogen and oxygen atoms in total. The van der Waals surface area contributed by atoms with Crippen molar-refractivity contribution in [1.29, 1.82) is 0 Å². The number of hydrogen-bond acceptors (Lipinski definition) is 6. The number of rotatable bonds is 7. The SMILES string of the molecule is COc1cccc(C(=O)NN=Cc2ccc(OC(=O)c3ccc(Cl)cc3Cl)c(OC)c2)c1. The zero-order valence-electron chi connectivity index (χ0n) is 17.1. The third-order valence-electron chi connectivity index (χ3n) is 4.25. The van der Waals surface area contributed by atoms with Gasteiger partial charge in [0.15, 0.2) is 11.5 Å². The molecule has 0 heterocycles. The Morgan fingerprint density at radius 1 is 0.938 bits per heavy atom. The second kappa shape index (κ2) is 10.7. The van der Waals surface area contributed by atoms with Gasteiger partial charge in [-0.1, -0.05) is 29.3 Å². The number of carbonyl (C=O) groups is 2. The molecule has 0 saturated carbocycles. The van der Waals surface area contributed by atoms with E-state index < -0.39 is 11.9 Å². The lowest BCUT2D eigenvalue weighted by Crippen LogP contribution is -2.17. The standard InChI is InChI=1S/C23H18Cl2N2O5/c1-30-17-5-3-4-15(11-17)22(28)27-26-13-14-6-9-20(21(10-14)31-2)32-23(29)18-8-7-16(24)12-19(18)25/h3-13H,1-2H3,(H,27,28). The predicted molar refractivity (Wildman–Crippen MR) is 122 cm³/mol. The number of halogens is 2. The molecule has 9 heteroatoms. The van der Waals surface area contributed by atoms with Crippen molar-refractivity contribution >= 4 is 41.3 Å². The topological polar surface area (TPSA) is 86.2 Å². The zero-order chi connectivity index (χ0) is 23.1. The first-order chi connectivity index (χ1) is 15.4. The van der Waals surface area contributed by atoms with E-state index in [9.17, 15) is 9.59 Å². The third kappa shape index (κ3) is 5.78. The maximum Gasteiger partial charge on any atom is 0.345 e. The van der Waals surface area contributed by atoms with Crippen molar-refractivity contribution in [2.75, 3.05) is 14.2 Å². The molecule has 1 amide bonds. The Balaban J connectivity index is 1.69. The first-order valence-corrected chi connectivity index (χ1v) is 9.99. The van der Waals surface area contributed by atoms with Gasteiger partial charge in [0.2, 0.25) is 0 Å². The van der Waals surface area contributed by atoms with Gasteiger partial charge >= 0.3 is 5.97 Å². The van der Waals surface area contributed by atoms with E-state index in [-0.39, 0.29) is 16.3 Å². The Hall–Kier alpha value is -3.55. The van der Waals surface area contributed by atoms with Crippen LogP contribution >= 0.6 is 23.2 Å². The van der Waals surface area contributed by atoms with Crippen LogP contribution in [0.5, 0.6) is 17.2 Å². The minimum atomic E-state index is -0.656. The van der Waals surface area contributed by atoms with Crippen LogP contribution in [-0.2, 0) is 0 Å². The second-order valence-electron chi connectivity index (χ2n) is 6.36. The number of ether oxygens (including phenoxy) is 3. The second-order valence-corrected chi connectivity index (χ2v) is 7.20. The molecule has 1 N–H and O–H groups in total. The molecule has 3 rings (SSSR count). The van der Waals surface area contributed by atoms with Gasteiger partial charge in [-0.05, 0) is 60.2 Å². The Morgan fingerprint density at radius 2 is 1.75 bits per heavy atom. The first-order valence-electron chi connectivity index (χ1n) is 9.24. The summed E-state index contributed by atoms with van der Waals surface area (Å²) in [7, 11) is 2.96. The Labute approximate surface area is 194 Å². The highest BCUT2D eigenvalue weighted by Crippen LogP contribution is 2.30. The lowest BCUT2D eigenvalue weighted by Gasteiger charge is -2.10. The summed E-state index contributed by atoms with van der Waals surface area (Å²) < 4.78 is 15.8. The van der Waals surface area contributed by atoms with Crippen LogP contribution < -0.4 is 19.6 Å². The first kappa shape index (κ1) is 23.1. The van der Waals surface area contributed by atoms with Crippen molar-refractivity contribution in [2.45, 2.75) is 0 Å². The fraction of sp³-hybridized carbons (Fsp3) is 0.0870. The number of carbonyl (C=O) groups excluding carboxylic acids is 2. The van der Waals surface area contributed by atoms with Crippen molar-refractivity contribution in [3.8, 4) is 17.2 Å². The van der Waals surface area contributed by atoms with E-state index in [1.165, 1.54) is 32.6 Å². The maximum absolute atomic E-state index is 12.4. The van der Waals surface area contributed by atoms with Crippen molar-refractivity contribution in [3.05, 3.63) is 87.4 Å². The van der Waals surface area contributed by atoms with Crippen LogP contribution in [0.3, 0.4) is 0 Å². The summed E-state index contributed by atoms with van der Waals surface area (Å²) in [6.45, 7) is 0. The molecule has 0 radical (unpaired) electrons. The molecule has 3 aromatic rings. The molecule has 0 aromatic heterocycles. The number of nitrogens with zero attached hydrogens (tertiary/aromatic N) is 1. The minimum absolute atomic E-state index is 0.170. The van der Waals surface area contributed by atoms with Crippen LogP contribution in [-0.4, -0.2) is 32.3 Å². The molecule has 0 aliphatic rings. The number of hydrazone groups is 1. The van der Waals surface area contributed by atoms with Gasteiger partial charge in [0.25, 0.3) is 5.91 Å². The summed E-state index contributed by atoms with van der Waals surface area (Å²) in [5, 5.41) is 4.53. The zero-order valence-corrected chi connectivity index (χ0v) is 18.6. The quantitative estimate of drug-likeness (QED) is 0.226. The molecule has 0 fully saturated rings. The Bertz CT molecular complexity index is 1180. The van der Waals surface area contributed by atoms with Crippen LogP contribution in [0.2, 0.25) is 10.0 Å². The lowest BCUT2D eigenvalue weighted by molar-refractivity contribution is 0.0729. The number of benzene rings is 3. The van der Waals surface area contributed by atoms with E-state index in [0.717, 1.165) is 0 Å². The van der Waals surface area contributed by atoms with E-state index >= 15 is 0 Å². The molecule has 0 aliphatic heterocycles.